The van der Waals surface area contributed by atoms with E-state index in [1.54, 1.807) is 10.7 Å². The van der Waals surface area contributed by atoms with Crippen LogP contribution in [-0.2, 0) is 0 Å². The summed E-state index contributed by atoms with van der Waals surface area (Å²) in [5.41, 5.74) is 2.53. The fourth-order valence-corrected chi connectivity index (χ4v) is 2.35. The zero-order chi connectivity index (χ0) is 14.8. The fraction of sp³-hybridized carbons (Fsp3) is 0.235. The quantitative estimate of drug-likeness (QED) is 0.799. The van der Waals surface area contributed by atoms with Gasteiger partial charge in [0.05, 0.1) is 17.8 Å². The van der Waals surface area contributed by atoms with Gasteiger partial charge in [0.25, 0.3) is 0 Å². The van der Waals surface area contributed by atoms with Crippen molar-refractivity contribution in [2.45, 2.75) is 26.1 Å². The third-order valence-corrected chi connectivity index (χ3v) is 3.32. The highest BCUT2D eigenvalue weighted by atomic mass is 16.5. The first-order valence-electron chi connectivity index (χ1n) is 7.02. The molecule has 0 spiro atoms. The number of aliphatic hydroxyl groups is 1. The smallest absolute Gasteiger partial charge is 0.119 e. The maximum Gasteiger partial charge on any atom is 0.119 e. The number of hydrogen-bond donors (Lipinski definition) is 1. The minimum absolute atomic E-state index is 0.139. The summed E-state index contributed by atoms with van der Waals surface area (Å²) in [6.45, 7) is 3.98. The molecule has 4 nitrogen and oxygen atoms in total. The van der Waals surface area contributed by atoms with E-state index in [0.29, 0.717) is 0 Å². The third-order valence-electron chi connectivity index (χ3n) is 3.32. The van der Waals surface area contributed by atoms with Gasteiger partial charge in [-0.25, -0.2) is 4.52 Å². The monoisotopic (exact) mass is 282 g/mol. The van der Waals surface area contributed by atoms with E-state index in [4.69, 9.17) is 4.74 Å². The number of fused-ring (bicyclic) bond motifs is 1. The van der Waals surface area contributed by atoms with Gasteiger partial charge < -0.3 is 9.84 Å². The fourth-order valence-electron chi connectivity index (χ4n) is 2.35. The van der Waals surface area contributed by atoms with E-state index in [0.717, 1.165) is 22.4 Å². The molecule has 0 aliphatic carbocycles. The van der Waals surface area contributed by atoms with Gasteiger partial charge >= 0.3 is 0 Å². The minimum Gasteiger partial charge on any atom is -0.491 e. The van der Waals surface area contributed by atoms with E-state index in [1.165, 1.54) is 0 Å². The van der Waals surface area contributed by atoms with Crippen molar-refractivity contribution in [1.82, 2.24) is 9.61 Å². The van der Waals surface area contributed by atoms with Gasteiger partial charge in [-0.1, -0.05) is 18.2 Å². The topological polar surface area (TPSA) is 46.8 Å². The van der Waals surface area contributed by atoms with Crippen molar-refractivity contribution in [2.75, 3.05) is 0 Å². The van der Waals surface area contributed by atoms with Crippen LogP contribution in [0.25, 0.3) is 5.52 Å². The Bertz CT molecular complexity index is 732. The van der Waals surface area contributed by atoms with Crippen molar-refractivity contribution in [3.05, 3.63) is 66.0 Å². The number of benzene rings is 1. The molecule has 0 bridgehead atoms. The zero-order valence-electron chi connectivity index (χ0n) is 12.1. The lowest BCUT2D eigenvalue weighted by Gasteiger charge is -2.13. The largest absolute Gasteiger partial charge is 0.491 e. The molecule has 3 rings (SSSR count). The molecular weight excluding hydrogens is 264 g/mol. The highest BCUT2D eigenvalue weighted by Crippen LogP contribution is 2.27. The normalized spacial score (nSPS) is 12.8. The number of rotatable bonds is 4. The molecule has 4 heteroatoms. The van der Waals surface area contributed by atoms with Gasteiger partial charge in [0.15, 0.2) is 0 Å². The van der Waals surface area contributed by atoms with Gasteiger partial charge in [0, 0.05) is 11.8 Å². The lowest BCUT2D eigenvalue weighted by Crippen LogP contribution is -2.05. The van der Waals surface area contributed by atoms with Crippen LogP contribution >= 0.6 is 0 Å². The van der Waals surface area contributed by atoms with Crippen LogP contribution in [0.15, 0.2) is 54.9 Å². The van der Waals surface area contributed by atoms with Crippen LogP contribution in [0.2, 0.25) is 0 Å². The molecule has 0 aliphatic rings. The van der Waals surface area contributed by atoms with Gasteiger partial charge in [0.2, 0.25) is 0 Å². The molecular formula is C17H18N2O2. The van der Waals surface area contributed by atoms with Crippen LogP contribution in [0, 0.1) is 0 Å². The number of nitrogens with zero attached hydrogens (tertiary/aromatic N) is 2. The molecule has 0 aliphatic heterocycles. The molecule has 0 saturated carbocycles. The number of pyridine rings is 1. The molecule has 108 valence electrons. The number of ether oxygens (including phenoxy) is 1. The molecule has 0 fully saturated rings. The Morgan fingerprint density at radius 2 is 1.86 bits per heavy atom. The Labute approximate surface area is 123 Å². The second-order valence-corrected chi connectivity index (χ2v) is 5.27. The number of aliphatic hydroxyl groups excluding tert-OH is 1. The number of hydrogen-bond acceptors (Lipinski definition) is 3. The minimum atomic E-state index is -0.696. The average Bonchev–Trinajstić information content (AvgIpc) is 2.90. The van der Waals surface area contributed by atoms with Gasteiger partial charge in [0.1, 0.15) is 11.9 Å². The molecule has 0 radical (unpaired) electrons. The van der Waals surface area contributed by atoms with Crippen LogP contribution in [0.4, 0.5) is 0 Å². The maximum atomic E-state index is 10.6. The molecule has 1 aromatic carbocycles. The molecule has 2 heterocycles. The van der Waals surface area contributed by atoms with Crippen molar-refractivity contribution in [1.29, 1.82) is 0 Å². The second kappa shape index (κ2) is 5.58. The standard InChI is InChI=1S/C17H18N2O2/c1-12(2)21-14-8-6-13(7-9-14)17(20)15-11-18-19-10-4-3-5-16(15)19/h3-12,17,20H,1-2H3. The summed E-state index contributed by atoms with van der Waals surface area (Å²) in [5, 5.41) is 14.8. The summed E-state index contributed by atoms with van der Waals surface area (Å²) in [6.07, 6.45) is 3.02. The van der Waals surface area contributed by atoms with Crippen LogP contribution in [-0.4, -0.2) is 20.8 Å². The lowest BCUT2D eigenvalue weighted by molar-refractivity contribution is 0.221. The molecule has 0 saturated heterocycles. The predicted molar refractivity (Wildman–Crippen MR) is 81.5 cm³/mol. The van der Waals surface area contributed by atoms with Crippen LogP contribution in [0.3, 0.4) is 0 Å². The molecule has 21 heavy (non-hydrogen) atoms. The van der Waals surface area contributed by atoms with Crippen molar-refractivity contribution in [2.24, 2.45) is 0 Å². The van der Waals surface area contributed by atoms with Crippen LogP contribution in [0.5, 0.6) is 5.75 Å². The van der Waals surface area contributed by atoms with Gasteiger partial charge in [-0.05, 0) is 43.7 Å². The summed E-state index contributed by atoms with van der Waals surface area (Å²) < 4.78 is 7.37. The molecule has 1 unspecified atom stereocenters. The SMILES string of the molecule is CC(C)Oc1ccc(C(O)c2cnn3ccccc23)cc1. The first-order chi connectivity index (χ1) is 10.1. The van der Waals surface area contributed by atoms with E-state index in [2.05, 4.69) is 5.10 Å². The van der Waals surface area contributed by atoms with Crippen LogP contribution in [0.1, 0.15) is 31.1 Å². The molecule has 1 N–H and O–H groups in total. The Hall–Kier alpha value is -2.33. The Kier molecular flexibility index (Phi) is 3.62. The van der Waals surface area contributed by atoms with Gasteiger partial charge in [-0.2, -0.15) is 5.10 Å². The van der Waals surface area contributed by atoms with Crippen molar-refractivity contribution in [3.63, 3.8) is 0 Å². The molecule has 2 aromatic heterocycles. The first-order valence-corrected chi connectivity index (χ1v) is 7.02. The molecule has 1 atom stereocenters. The lowest BCUT2D eigenvalue weighted by atomic mass is 10.0. The zero-order valence-corrected chi connectivity index (χ0v) is 12.1. The Morgan fingerprint density at radius 3 is 2.57 bits per heavy atom. The van der Waals surface area contributed by atoms with Gasteiger partial charge in [-0.15, -0.1) is 0 Å². The van der Waals surface area contributed by atoms with E-state index in [9.17, 15) is 5.11 Å². The summed E-state index contributed by atoms with van der Waals surface area (Å²) in [5.74, 6) is 0.806. The van der Waals surface area contributed by atoms with E-state index in [1.807, 2.05) is 62.5 Å². The Morgan fingerprint density at radius 1 is 1.10 bits per heavy atom. The van der Waals surface area contributed by atoms with E-state index < -0.39 is 6.10 Å². The van der Waals surface area contributed by atoms with Crippen molar-refractivity contribution >= 4 is 5.52 Å². The first kappa shape index (κ1) is 13.6. The third kappa shape index (κ3) is 2.76. The van der Waals surface area contributed by atoms with Crippen LogP contribution < -0.4 is 4.74 Å². The van der Waals surface area contributed by atoms with Gasteiger partial charge in [-0.3, -0.25) is 0 Å². The summed E-state index contributed by atoms with van der Waals surface area (Å²) in [4.78, 5) is 0. The van der Waals surface area contributed by atoms with E-state index >= 15 is 0 Å². The van der Waals surface area contributed by atoms with Crippen molar-refractivity contribution < 1.29 is 9.84 Å². The number of aromatic nitrogens is 2. The summed E-state index contributed by atoms with van der Waals surface area (Å²) in [7, 11) is 0. The van der Waals surface area contributed by atoms with E-state index in [-0.39, 0.29) is 6.10 Å². The average molecular weight is 282 g/mol. The molecule has 3 aromatic rings. The highest BCUT2D eigenvalue weighted by molar-refractivity contribution is 5.56. The summed E-state index contributed by atoms with van der Waals surface area (Å²) in [6, 6.07) is 13.3. The maximum absolute atomic E-state index is 10.6. The van der Waals surface area contributed by atoms with Crippen molar-refractivity contribution in [3.8, 4) is 5.75 Å². The predicted octanol–water partition coefficient (Wildman–Crippen LogP) is 3.20. The highest BCUT2D eigenvalue weighted by Gasteiger charge is 2.15. The molecule has 0 amide bonds. The summed E-state index contributed by atoms with van der Waals surface area (Å²) >= 11 is 0. The second-order valence-electron chi connectivity index (χ2n) is 5.27. The Balaban J connectivity index is 1.89.